The summed E-state index contributed by atoms with van der Waals surface area (Å²) in [7, 11) is -4.60. The molecule has 0 aliphatic heterocycles. The van der Waals surface area contributed by atoms with Gasteiger partial charge in [0.05, 0.1) is 28.3 Å². The van der Waals surface area contributed by atoms with Crippen LogP contribution in [0.3, 0.4) is 0 Å². The molecule has 0 unspecified atom stereocenters. The first-order chi connectivity index (χ1) is 19.6. The van der Waals surface area contributed by atoms with Gasteiger partial charge in [0.1, 0.15) is 4.90 Å². The molecular formula is C29H18N4Na2O7S. The Bertz CT molecular complexity index is 1970. The molecule has 0 aliphatic rings. The monoisotopic (exact) mass is 612 g/mol. The van der Waals surface area contributed by atoms with Crippen LogP contribution in [0.15, 0.2) is 122 Å². The van der Waals surface area contributed by atoms with Crippen LogP contribution in [0, 0.1) is 0 Å². The number of carboxylic acid groups (broad SMARTS) is 1. The average Bonchev–Trinajstić information content (AvgIpc) is 2.96. The smallest absolute Gasteiger partial charge is 0.872 e. The second kappa shape index (κ2) is 14.3. The van der Waals surface area contributed by atoms with Gasteiger partial charge >= 0.3 is 65.1 Å². The van der Waals surface area contributed by atoms with E-state index in [-0.39, 0.29) is 86.8 Å². The second-order valence-electron chi connectivity index (χ2n) is 8.72. The summed E-state index contributed by atoms with van der Waals surface area (Å²) in [4.78, 5) is 10.7. The molecule has 5 aromatic carbocycles. The Hall–Kier alpha value is -3.46. The topological polar surface area (TPSA) is 187 Å². The van der Waals surface area contributed by atoms with Crippen LogP contribution in [0.5, 0.6) is 11.5 Å². The van der Waals surface area contributed by atoms with Gasteiger partial charge in [-0.1, -0.05) is 66.1 Å². The Morgan fingerprint density at radius 3 is 1.67 bits per heavy atom. The van der Waals surface area contributed by atoms with Crippen molar-refractivity contribution in [3.63, 3.8) is 0 Å². The number of hydrogen-bond acceptors (Lipinski definition) is 9. The molecule has 0 spiro atoms. The second-order valence-corrected chi connectivity index (χ2v) is 10.1. The largest absolute Gasteiger partial charge is 1.00 e. The molecule has 43 heavy (non-hydrogen) atoms. The van der Waals surface area contributed by atoms with Gasteiger partial charge < -0.3 is 15.3 Å². The van der Waals surface area contributed by atoms with Crippen molar-refractivity contribution in [2.45, 2.75) is 4.90 Å². The van der Waals surface area contributed by atoms with Gasteiger partial charge in [-0.3, -0.25) is 4.55 Å². The minimum Gasteiger partial charge on any atom is -0.872 e. The number of hydrogen-bond donors (Lipinski definition) is 2. The normalized spacial score (nSPS) is 11.4. The van der Waals surface area contributed by atoms with Crippen LogP contribution in [-0.4, -0.2) is 24.0 Å². The summed E-state index contributed by atoms with van der Waals surface area (Å²) >= 11 is 0. The maximum absolute atomic E-state index is 12.8. The number of nitrogens with zero attached hydrogens (tertiary/aromatic N) is 4. The molecule has 0 saturated heterocycles. The summed E-state index contributed by atoms with van der Waals surface area (Å²) in [6.07, 6.45) is 0. The molecular weight excluding hydrogens is 594 g/mol. The Balaban J connectivity index is 0.00000253. The van der Waals surface area contributed by atoms with Gasteiger partial charge in [0, 0.05) is 5.39 Å². The van der Waals surface area contributed by atoms with Crippen molar-refractivity contribution >= 4 is 49.6 Å². The third-order valence-electron chi connectivity index (χ3n) is 6.03. The quantitative estimate of drug-likeness (QED) is 0.152. The maximum Gasteiger partial charge on any atom is 1.00 e. The van der Waals surface area contributed by atoms with Crippen molar-refractivity contribution < 1.29 is 92.2 Å². The van der Waals surface area contributed by atoms with Crippen LogP contribution in [0.4, 0.5) is 22.7 Å². The molecule has 2 N–H and O–H groups in total. The van der Waals surface area contributed by atoms with Gasteiger partial charge in [-0.25, -0.2) is 4.79 Å². The molecule has 5 aromatic rings. The first kappa shape index (κ1) is 34.0. The van der Waals surface area contributed by atoms with Crippen LogP contribution in [-0.2, 0) is 10.1 Å². The molecule has 0 amide bonds. The molecule has 11 nitrogen and oxygen atoms in total. The van der Waals surface area contributed by atoms with E-state index in [1.54, 1.807) is 48.5 Å². The van der Waals surface area contributed by atoms with Gasteiger partial charge in [0.15, 0.2) is 0 Å². The third kappa shape index (κ3) is 7.93. The molecule has 0 fully saturated rings. The zero-order chi connectivity index (χ0) is 29.1. The number of benzene rings is 5. The summed E-state index contributed by atoms with van der Waals surface area (Å²) in [6.45, 7) is 0. The fourth-order valence-corrected chi connectivity index (χ4v) is 4.72. The molecule has 5 rings (SSSR count). The van der Waals surface area contributed by atoms with Crippen molar-refractivity contribution in [2.24, 2.45) is 20.5 Å². The maximum atomic E-state index is 12.8. The van der Waals surface area contributed by atoms with E-state index in [1.165, 1.54) is 18.2 Å². The molecule has 0 radical (unpaired) electrons. The Labute approximate surface area is 290 Å². The van der Waals surface area contributed by atoms with Crippen LogP contribution < -0.4 is 69.3 Å². The number of azo groups is 2. The zero-order valence-corrected chi connectivity index (χ0v) is 27.7. The van der Waals surface area contributed by atoms with E-state index in [9.17, 15) is 28.0 Å². The molecule has 0 aliphatic carbocycles. The van der Waals surface area contributed by atoms with E-state index in [4.69, 9.17) is 5.11 Å². The van der Waals surface area contributed by atoms with Gasteiger partial charge in [-0.05, 0) is 59.0 Å². The number of aromatic carboxylic acids is 1. The summed E-state index contributed by atoms with van der Waals surface area (Å²) < 4.78 is 33.4. The van der Waals surface area contributed by atoms with Crippen LogP contribution in [0.2, 0.25) is 0 Å². The molecule has 0 aromatic heterocycles. The van der Waals surface area contributed by atoms with Gasteiger partial charge in [-0.15, -0.1) is 0 Å². The fraction of sp³-hybridized carbons (Fsp3) is 0. The Kier molecular flexibility index (Phi) is 11.4. The van der Waals surface area contributed by atoms with Crippen molar-refractivity contribution in [3.8, 4) is 22.6 Å². The van der Waals surface area contributed by atoms with Crippen molar-refractivity contribution in [1.29, 1.82) is 0 Å². The summed E-state index contributed by atoms with van der Waals surface area (Å²) in [5.74, 6) is -2.46. The third-order valence-corrected chi connectivity index (χ3v) is 6.92. The van der Waals surface area contributed by atoms with E-state index < -0.39 is 32.5 Å². The van der Waals surface area contributed by atoms with E-state index in [0.717, 1.165) is 29.3 Å². The first-order valence-electron chi connectivity index (χ1n) is 11.9. The molecule has 204 valence electrons. The van der Waals surface area contributed by atoms with Gasteiger partial charge in [-0.2, -0.15) is 28.9 Å². The van der Waals surface area contributed by atoms with E-state index in [1.807, 2.05) is 12.1 Å². The van der Waals surface area contributed by atoms with E-state index in [0.29, 0.717) is 11.4 Å². The summed E-state index contributed by atoms with van der Waals surface area (Å²) in [5, 5.41) is 49.7. The molecule has 0 heterocycles. The van der Waals surface area contributed by atoms with E-state index in [2.05, 4.69) is 20.5 Å². The minimum atomic E-state index is -4.60. The standard InChI is InChI=1S/C29H20N4O7S.2Na/c34-26-14-13-21(15-24(26)29(36)37)32-30-19-9-5-17(6-10-19)18-7-11-20(12-8-18)31-33-25-16-27(41(38,39)40)22-3-1-2-4-23(22)28(25)35;;/h1-16,34-35H,(H,36,37)(H,38,39,40);;/q;2*+1/p-2. The number of carbonyl (C=O) groups is 1. The van der Waals surface area contributed by atoms with Crippen molar-refractivity contribution in [1.82, 2.24) is 0 Å². The van der Waals surface area contributed by atoms with Gasteiger partial charge in [0.25, 0.3) is 10.1 Å². The molecule has 14 heteroatoms. The molecule has 0 atom stereocenters. The predicted molar refractivity (Wildman–Crippen MR) is 146 cm³/mol. The minimum absolute atomic E-state index is 0. The summed E-state index contributed by atoms with van der Waals surface area (Å²) in [6, 6.07) is 24.7. The molecule has 0 saturated carbocycles. The van der Waals surface area contributed by atoms with Crippen molar-refractivity contribution in [2.75, 3.05) is 0 Å². The first-order valence-corrected chi connectivity index (χ1v) is 13.3. The summed E-state index contributed by atoms with van der Waals surface area (Å²) in [5.41, 5.74) is 2.23. The fourth-order valence-electron chi connectivity index (χ4n) is 4.00. The average molecular weight is 613 g/mol. The number of fused-ring (bicyclic) bond motifs is 1. The predicted octanol–water partition coefficient (Wildman–Crippen LogP) is 0.438. The SMILES string of the molecule is O=C(O)c1cc(N=Nc2ccc(-c3ccc(N=Nc4cc(S(=O)(=O)O)c5ccccc5c4[O-])cc3)cc2)ccc1[O-].[Na+].[Na+]. The van der Waals surface area contributed by atoms with E-state index >= 15 is 0 Å². The Morgan fingerprint density at radius 1 is 0.651 bits per heavy atom. The number of rotatable bonds is 7. The Morgan fingerprint density at radius 2 is 1.14 bits per heavy atom. The van der Waals surface area contributed by atoms with Crippen LogP contribution in [0.25, 0.3) is 21.9 Å². The van der Waals surface area contributed by atoms with Gasteiger partial charge in [0.2, 0.25) is 0 Å². The van der Waals surface area contributed by atoms with Crippen LogP contribution >= 0.6 is 0 Å². The van der Waals surface area contributed by atoms with Crippen LogP contribution in [0.1, 0.15) is 10.4 Å². The molecule has 0 bridgehead atoms. The van der Waals surface area contributed by atoms with Crippen molar-refractivity contribution in [3.05, 3.63) is 103 Å². The zero-order valence-electron chi connectivity index (χ0n) is 22.9. The number of carboxylic acids is 1.